The van der Waals surface area contributed by atoms with Crippen molar-refractivity contribution in [2.24, 2.45) is 5.92 Å². The van der Waals surface area contributed by atoms with Gasteiger partial charge in [0.2, 0.25) is 10.0 Å². The fourth-order valence-corrected chi connectivity index (χ4v) is 6.40. The molecule has 0 radical (unpaired) electrons. The van der Waals surface area contributed by atoms with Gasteiger partial charge in [-0.25, -0.2) is 13.4 Å². The van der Waals surface area contributed by atoms with Gasteiger partial charge in [0.15, 0.2) is 0 Å². The van der Waals surface area contributed by atoms with E-state index >= 15 is 0 Å². The average Bonchev–Trinajstić information content (AvgIpc) is 2.92. The van der Waals surface area contributed by atoms with Gasteiger partial charge in [0.25, 0.3) is 0 Å². The Balaban J connectivity index is 1.00. The Bertz CT molecular complexity index is 1130. The lowest BCUT2D eigenvalue weighted by Gasteiger charge is -2.33. The Morgan fingerprint density at radius 1 is 1.03 bits per heavy atom. The average molecular weight is 529 g/mol. The predicted octanol–water partition coefficient (Wildman–Crippen LogP) is 3.31. The molecule has 0 amide bonds. The molecule has 9 heteroatoms. The highest BCUT2D eigenvalue weighted by Crippen LogP contribution is 2.27. The quantitative estimate of drug-likeness (QED) is 0.462. The number of fused-ring (bicyclic) bond motifs is 1. The second-order valence-corrected chi connectivity index (χ2v) is 12.6. The maximum atomic E-state index is 11.8. The van der Waals surface area contributed by atoms with Crippen molar-refractivity contribution < 1.29 is 17.9 Å². The maximum Gasteiger partial charge on any atom is 0.211 e. The second kappa shape index (κ2) is 12.1. The summed E-state index contributed by atoms with van der Waals surface area (Å²) < 4.78 is 36.7. The van der Waals surface area contributed by atoms with E-state index in [1.165, 1.54) is 36.6 Å². The van der Waals surface area contributed by atoms with Crippen LogP contribution in [0.3, 0.4) is 0 Å². The van der Waals surface area contributed by atoms with E-state index < -0.39 is 10.0 Å². The van der Waals surface area contributed by atoms with Crippen molar-refractivity contribution in [3.05, 3.63) is 53.2 Å². The van der Waals surface area contributed by atoms with Gasteiger partial charge in [-0.05, 0) is 72.9 Å². The normalized spacial score (nSPS) is 20.1. The lowest BCUT2D eigenvalue weighted by Crippen LogP contribution is -2.36. The van der Waals surface area contributed by atoms with Crippen molar-refractivity contribution in [1.82, 2.24) is 14.2 Å². The zero-order chi connectivity index (χ0) is 25.7. The van der Waals surface area contributed by atoms with Gasteiger partial charge < -0.3 is 14.4 Å². The Kier molecular flexibility index (Phi) is 8.64. The molecule has 37 heavy (non-hydrogen) atoms. The number of ether oxygens (including phenoxy) is 2. The molecular formula is C28H40N4O4S. The first-order valence-electron chi connectivity index (χ1n) is 13.6. The molecule has 2 aromatic rings. The summed E-state index contributed by atoms with van der Waals surface area (Å²) in [6.45, 7) is 8.47. The van der Waals surface area contributed by atoms with Gasteiger partial charge in [-0.15, -0.1) is 0 Å². The number of sulfonamides is 1. The number of morpholine rings is 1. The SMILES string of the molecule is CS(=O)(=O)N1CCc2cc(OCCCC3CCN(c4ccc(CN5CCOCC5)cn4)CC3)ccc2C1. The number of aromatic nitrogens is 1. The van der Waals surface area contributed by atoms with Crippen LogP contribution in [0.15, 0.2) is 36.5 Å². The van der Waals surface area contributed by atoms with E-state index in [2.05, 4.69) is 28.0 Å². The van der Waals surface area contributed by atoms with Crippen molar-refractivity contribution in [3.63, 3.8) is 0 Å². The first kappa shape index (κ1) is 26.4. The van der Waals surface area contributed by atoms with Gasteiger partial charge in [0.1, 0.15) is 11.6 Å². The third-order valence-corrected chi connectivity index (χ3v) is 9.16. The summed E-state index contributed by atoms with van der Waals surface area (Å²) >= 11 is 0. The number of pyridine rings is 1. The van der Waals surface area contributed by atoms with Gasteiger partial charge in [-0.1, -0.05) is 12.1 Å². The van der Waals surface area contributed by atoms with Crippen LogP contribution in [0, 0.1) is 5.92 Å². The largest absolute Gasteiger partial charge is 0.494 e. The highest BCUT2D eigenvalue weighted by atomic mass is 32.2. The number of hydrogen-bond donors (Lipinski definition) is 0. The zero-order valence-electron chi connectivity index (χ0n) is 22.0. The standard InChI is InChI=1S/C28H40N4O4S/c1-37(33,34)32-13-10-25-19-27(6-5-26(25)22-32)36-16-2-3-23-8-11-31(12-9-23)28-7-4-24(20-29-28)21-30-14-17-35-18-15-30/h4-7,19-20,23H,2-3,8-18,21-22H2,1H3. The molecule has 0 aliphatic carbocycles. The smallest absolute Gasteiger partial charge is 0.211 e. The van der Waals surface area contributed by atoms with Crippen LogP contribution in [0.4, 0.5) is 5.82 Å². The third kappa shape index (κ3) is 7.22. The minimum Gasteiger partial charge on any atom is -0.494 e. The van der Waals surface area contributed by atoms with Crippen molar-refractivity contribution in [1.29, 1.82) is 0 Å². The summed E-state index contributed by atoms with van der Waals surface area (Å²) in [6, 6.07) is 10.5. The van der Waals surface area contributed by atoms with E-state index in [4.69, 9.17) is 14.5 Å². The van der Waals surface area contributed by atoms with Gasteiger partial charge in [0, 0.05) is 52.0 Å². The predicted molar refractivity (Wildman–Crippen MR) is 145 cm³/mol. The molecule has 4 heterocycles. The highest BCUT2D eigenvalue weighted by Gasteiger charge is 2.24. The molecule has 2 fully saturated rings. The van der Waals surface area contributed by atoms with Crippen molar-refractivity contribution >= 4 is 15.8 Å². The molecule has 202 valence electrons. The molecular weight excluding hydrogens is 488 g/mol. The molecule has 0 spiro atoms. The van der Waals surface area contributed by atoms with Gasteiger partial charge in [0.05, 0.1) is 26.1 Å². The maximum absolute atomic E-state index is 11.8. The van der Waals surface area contributed by atoms with E-state index in [0.29, 0.717) is 13.1 Å². The molecule has 8 nitrogen and oxygen atoms in total. The minimum absolute atomic E-state index is 0.460. The number of anilines is 1. The van der Waals surface area contributed by atoms with Crippen LogP contribution in [0.1, 0.15) is 42.4 Å². The molecule has 5 rings (SSSR count). The van der Waals surface area contributed by atoms with Crippen LogP contribution >= 0.6 is 0 Å². The van der Waals surface area contributed by atoms with Crippen LogP contribution in [-0.2, 0) is 34.3 Å². The Hall–Kier alpha value is -2.20. The molecule has 1 aromatic carbocycles. The number of piperidine rings is 1. The monoisotopic (exact) mass is 528 g/mol. The van der Waals surface area contributed by atoms with Crippen LogP contribution in [0.2, 0.25) is 0 Å². The highest BCUT2D eigenvalue weighted by molar-refractivity contribution is 7.88. The summed E-state index contributed by atoms with van der Waals surface area (Å²) in [4.78, 5) is 9.61. The third-order valence-electron chi connectivity index (χ3n) is 7.91. The summed E-state index contributed by atoms with van der Waals surface area (Å²) in [5, 5.41) is 0. The molecule has 1 aromatic heterocycles. The number of hydrogen-bond acceptors (Lipinski definition) is 7. The molecule has 3 aliphatic rings. The molecule has 0 unspecified atom stereocenters. The first-order valence-corrected chi connectivity index (χ1v) is 15.5. The number of benzene rings is 1. The van der Waals surface area contributed by atoms with Crippen LogP contribution in [0.25, 0.3) is 0 Å². The number of rotatable bonds is 9. The molecule has 3 aliphatic heterocycles. The van der Waals surface area contributed by atoms with Crippen molar-refractivity contribution in [3.8, 4) is 5.75 Å². The van der Waals surface area contributed by atoms with E-state index in [1.54, 1.807) is 4.31 Å². The fourth-order valence-electron chi connectivity index (χ4n) is 5.60. The lowest BCUT2D eigenvalue weighted by atomic mass is 9.92. The summed E-state index contributed by atoms with van der Waals surface area (Å²) in [6.07, 6.45) is 8.70. The van der Waals surface area contributed by atoms with Crippen LogP contribution < -0.4 is 9.64 Å². The van der Waals surface area contributed by atoms with Crippen LogP contribution in [0.5, 0.6) is 5.75 Å². The van der Waals surface area contributed by atoms with Crippen molar-refractivity contribution in [2.45, 2.75) is 45.2 Å². The van der Waals surface area contributed by atoms with Crippen molar-refractivity contribution in [2.75, 3.05) is 63.7 Å². The fraction of sp³-hybridized carbons (Fsp3) is 0.607. The van der Waals surface area contributed by atoms with E-state index in [0.717, 1.165) is 88.4 Å². The van der Waals surface area contributed by atoms with E-state index in [9.17, 15) is 8.42 Å². The van der Waals surface area contributed by atoms with Gasteiger partial charge in [-0.3, -0.25) is 4.90 Å². The minimum atomic E-state index is -3.14. The van der Waals surface area contributed by atoms with E-state index in [-0.39, 0.29) is 0 Å². The van der Waals surface area contributed by atoms with Gasteiger partial charge >= 0.3 is 0 Å². The molecule has 0 bridgehead atoms. The molecule has 0 N–H and O–H groups in total. The number of nitrogens with zero attached hydrogens (tertiary/aromatic N) is 4. The molecule has 0 atom stereocenters. The van der Waals surface area contributed by atoms with E-state index in [1.807, 2.05) is 18.3 Å². The topological polar surface area (TPSA) is 75.2 Å². The Morgan fingerprint density at radius 3 is 2.57 bits per heavy atom. The van der Waals surface area contributed by atoms with Crippen LogP contribution in [-0.4, -0.2) is 81.4 Å². The lowest BCUT2D eigenvalue weighted by molar-refractivity contribution is 0.0341. The Morgan fingerprint density at radius 2 is 1.84 bits per heavy atom. The second-order valence-electron chi connectivity index (χ2n) is 10.6. The molecule has 0 saturated carbocycles. The summed E-state index contributed by atoms with van der Waals surface area (Å²) in [7, 11) is -3.14. The Labute approximate surface area is 221 Å². The first-order chi connectivity index (χ1) is 17.9. The van der Waals surface area contributed by atoms with Gasteiger partial charge in [-0.2, -0.15) is 4.31 Å². The summed E-state index contributed by atoms with van der Waals surface area (Å²) in [5.41, 5.74) is 3.56. The zero-order valence-corrected chi connectivity index (χ0v) is 22.8. The molecule has 2 saturated heterocycles. The summed E-state index contributed by atoms with van der Waals surface area (Å²) in [5.74, 6) is 2.73.